The van der Waals surface area contributed by atoms with Gasteiger partial charge in [-0.1, -0.05) is 6.07 Å². The fourth-order valence-corrected chi connectivity index (χ4v) is 5.00. The van der Waals surface area contributed by atoms with Crippen molar-refractivity contribution < 1.29 is 29.0 Å². The zero-order valence-corrected chi connectivity index (χ0v) is 15.5. The molecule has 1 saturated heterocycles. The van der Waals surface area contributed by atoms with Gasteiger partial charge in [0, 0.05) is 29.1 Å². The molecule has 1 fully saturated rings. The molecule has 1 aromatic rings. The molecular weight excluding hydrogens is 380 g/mol. The van der Waals surface area contributed by atoms with Crippen molar-refractivity contribution in [2.45, 2.75) is 24.8 Å². The number of fused-ring (bicyclic) bond motifs is 1. The lowest BCUT2D eigenvalue weighted by molar-refractivity contribution is -0.151. The van der Waals surface area contributed by atoms with Crippen molar-refractivity contribution in [2.24, 2.45) is 0 Å². The predicted octanol–water partition coefficient (Wildman–Crippen LogP) is -0.326. The summed E-state index contributed by atoms with van der Waals surface area (Å²) in [7, 11) is 0. The fourth-order valence-electron chi connectivity index (χ4n) is 2.84. The van der Waals surface area contributed by atoms with E-state index in [1.54, 1.807) is 0 Å². The first-order valence-electron chi connectivity index (χ1n) is 7.78. The summed E-state index contributed by atoms with van der Waals surface area (Å²) in [6, 6.07) is 2.95. The van der Waals surface area contributed by atoms with Gasteiger partial charge < -0.3 is 15.2 Å². The second kappa shape index (κ2) is 7.50. The van der Waals surface area contributed by atoms with Crippen LogP contribution in [-0.4, -0.2) is 57.5 Å². The lowest BCUT2D eigenvalue weighted by Crippen LogP contribution is -2.72. The van der Waals surface area contributed by atoms with Crippen molar-refractivity contribution in [2.75, 3.05) is 12.4 Å². The summed E-state index contributed by atoms with van der Waals surface area (Å²) in [4.78, 5) is 49.2. The number of aliphatic carboxylic acids is 1. The highest BCUT2D eigenvalue weighted by molar-refractivity contribution is 7.79. The maximum Gasteiger partial charge on any atom is 0.353 e. The van der Waals surface area contributed by atoms with Crippen molar-refractivity contribution in [3.8, 4) is 0 Å². The number of carboxylic acids is 1. The first-order chi connectivity index (χ1) is 12.4. The zero-order chi connectivity index (χ0) is 18.8. The number of rotatable bonds is 6. The number of hydrogen-bond acceptors (Lipinski definition) is 6. The van der Waals surface area contributed by atoms with Gasteiger partial charge in [-0.2, -0.15) is 0 Å². The molecule has 0 radical (unpaired) electrons. The van der Waals surface area contributed by atoms with Gasteiger partial charge in [-0.05, 0) is 11.4 Å². The van der Waals surface area contributed by atoms with Crippen LogP contribution in [-0.2, 0) is 42.1 Å². The van der Waals surface area contributed by atoms with E-state index in [9.17, 15) is 24.3 Å². The SMILES string of the molecule is CC(=O)OCC1=C(C(=O)O)N2C(=O)C(NC(=O)Cc3cccs3)C2[SH+]C1. The topological polar surface area (TPSA) is 113 Å². The van der Waals surface area contributed by atoms with Gasteiger partial charge in [-0.15, -0.1) is 11.3 Å². The maximum absolute atomic E-state index is 12.4. The van der Waals surface area contributed by atoms with E-state index in [-0.39, 0.29) is 24.6 Å². The lowest BCUT2D eigenvalue weighted by Gasteiger charge is -2.44. The van der Waals surface area contributed by atoms with Gasteiger partial charge in [-0.3, -0.25) is 19.3 Å². The third kappa shape index (κ3) is 3.61. The van der Waals surface area contributed by atoms with E-state index in [4.69, 9.17) is 4.74 Å². The molecular formula is C16H17N2O6S2+. The van der Waals surface area contributed by atoms with Crippen LogP contribution in [0.2, 0.25) is 0 Å². The molecule has 3 rings (SSSR count). The maximum atomic E-state index is 12.4. The molecule has 3 heterocycles. The summed E-state index contributed by atoms with van der Waals surface area (Å²) in [6.07, 6.45) is 0.185. The molecule has 0 bridgehead atoms. The molecule has 26 heavy (non-hydrogen) atoms. The Bertz CT molecular complexity index is 789. The molecule has 8 nitrogen and oxygen atoms in total. The second-order valence-electron chi connectivity index (χ2n) is 5.80. The summed E-state index contributed by atoms with van der Waals surface area (Å²) in [6.45, 7) is 1.08. The highest BCUT2D eigenvalue weighted by atomic mass is 32.2. The molecule has 2 amide bonds. The average Bonchev–Trinajstić information content (AvgIpc) is 3.09. The van der Waals surface area contributed by atoms with E-state index in [2.05, 4.69) is 5.32 Å². The minimum absolute atomic E-state index is 0.149. The van der Waals surface area contributed by atoms with E-state index >= 15 is 0 Å². The molecule has 2 unspecified atom stereocenters. The Kier molecular flexibility index (Phi) is 5.33. The van der Waals surface area contributed by atoms with E-state index in [0.717, 1.165) is 16.6 Å². The molecule has 2 aliphatic heterocycles. The van der Waals surface area contributed by atoms with Crippen LogP contribution in [0.1, 0.15) is 11.8 Å². The number of carboxylic acid groups (broad SMARTS) is 1. The third-order valence-corrected chi connectivity index (χ3v) is 6.34. The van der Waals surface area contributed by atoms with Crippen LogP contribution in [0.5, 0.6) is 0 Å². The van der Waals surface area contributed by atoms with Crippen LogP contribution < -0.4 is 5.32 Å². The van der Waals surface area contributed by atoms with Gasteiger partial charge >= 0.3 is 11.9 Å². The molecule has 10 heteroatoms. The summed E-state index contributed by atoms with van der Waals surface area (Å²) in [5.74, 6) is -2.13. The monoisotopic (exact) mass is 397 g/mol. The summed E-state index contributed by atoms with van der Waals surface area (Å²) >= 11 is 2.24. The van der Waals surface area contributed by atoms with Crippen LogP contribution in [0.15, 0.2) is 28.8 Å². The predicted molar refractivity (Wildman–Crippen MR) is 95.5 cm³/mol. The Morgan fingerprint density at radius 1 is 1.46 bits per heavy atom. The van der Waals surface area contributed by atoms with Crippen LogP contribution in [0.25, 0.3) is 0 Å². The summed E-state index contributed by atoms with van der Waals surface area (Å²) in [5.41, 5.74) is 0.242. The van der Waals surface area contributed by atoms with Crippen molar-refractivity contribution in [1.29, 1.82) is 0 Å². The number of carbonyl (C=O) groups excluding carboxylic acids is 3. The largest absolute Gasteiger partial charge is 0.477 e. The average molecular weight is 397 g/mol. The lowest BCUT2D eigenvalue weighted by atomic mass is 10.0. The number of thiophene rings is 1. The number of esters is 1. The molecule has 2 N–H and O–H groups in total. The van der Waals surface area contributed by atoms with E-state index < -0.39 is 29.3 Å². The number of thiol groups is 1. The Labute approximate surface area is 157 Å². The van der Waals surface area contributed by atoms with E-state index in [1.807, 2.05) is 17.5 Å². The van der Waals surface area contributed by atoms with Gasteiger partial charge in [0.25, 0.3) is 5.91 Å². The van der Waals surface area contributed by atoms with E-state index in [0.29, 0.717) is 11.3 Å². The Hall–Kier alpha value is -2.33. The number of amides is 2. The highest BCUT2D eigenvalue weighted by Gasteiger charge is 2.59. The molecule has 2 aliphatic rings. The van der Waals surface area contributed by atoms with Crippen molar-refractivity contribution in [3.63, 3.8) is 0 Å². The van der Waals surface area contributed by atoms with Gasteiger partial charge in [0.2, 0.25) is 11.3 Å². The zero-order valence-electron chi connectivity index (χ0n) is 13.8. The van der Waals surface area contributed by atoms with Crippen LogP contribution in [0.3, 0.4) is 0 Å². The standard InChI is InChI=1S/C16H16N2O6S2/c1-8(19)24-6-9-7-26-15-12(14(21)18(15)13(9)16(22)23)17-11(20)5-10-3-2-4-25-10/h2-4,12,15H,5-7H2,1H3,(H,17,20)(H,22,23)/p+1. The molecule has 0 aromatic carbocycles. The van der Waals surface area contributed by atoms with E-state index in [1.165, 1.54) is 23.2 Å². The quantitative estimate of drug-likeness (QED) is 0.294. The number of β-lactam (4-membered cyclic amide) rings is 1. The minimum Gasteiger partial charge on any atom is -0.477 e. The number of ether oxygens (including phenoxy) is 1. The minimum atomic E-state index is -1.25. The Morgan fingerprint density at radius 2 is 2.23 bits per heavy atom. The van der Waals surface area contributed by atoms with Crippen molar-refractivity contribution in [3.05, 3.63) is 33.7 Å². The van der Waals surface area contributed by atoms with Crippen LogP contribution >= 0.6 is 11.3 Å². The Balaban J connectivity index is 1.69. The number of carbonyl (C=O) groups is 4. The fraction of sp³-hybridized carbons (Fsp3) is 0.375. The van der Waals surface area contributed by atoms with Crippen molar-refractivity contribution in [1.82, 2.24) is 10.2 Å². The molecule has 1 aromatic heterocycles. The second-order valence-corrected chi connectivity index (χ2v) is 8.04. The first kappa shape index (κ1) is 18.5. The molecule has 0 spiro atoms. The molecule has 0 aliphatic carbocycles. The van der Waals surface area contributed by atoms with Crippen LogP contribution in [0, 0.1) is 0 Å². The smallest absolute Gasteiger partial charge is 0.353 e. The highest BCUT2D eigenvalue weighted by Crippen LogP contribution is 2.33. The first-order valence-corrected chi connectivity index (χ1v) is 9.81. The number of nitrogens with one attached hydrogen (secondary N) is 1. The van der Waals surface area contributed by atoms with Crippen LogP contribution in [0.4, 0.5) is 0 Å². The molecule has 138 valence electrons. The van der Waals surface area contributed by atoms with Gasteiger partial charge in [0.1, 0.15) is 18.1 Å². The number of hydrogen-bond donors (Lipinski definition) is 2. The third-order valence-electron chi connectivity index (χ3n) is 3.99. The van der Waals surface area contributed by atoms with Gasteiger partial charge in [0.15, 0.2) is 6.04 Å². The Morgan fingerprint density at radius 3 is 2.85 bits per heavy atom. The summed E-state index contributed by atoms with van der Waals surface area (Å²) < 4.78 is 4.88. The number of nitrogens with zero attached hydrogens (tertiary/aromatic N) is 1. The van der Waals surface area contributed by atoms with Crippen molar-refractivity contribution >= 4 is 46.9 Å². The summed E-state index contributed by atoms with van der Waals surface area (Å²) in [5, 5.41) is 13.6. The molecule has 2 atom stereocenters. The van der Waals surface area contributed by atoms with Gasteiger partial charge in [0.05, 0.1) is 6.42 Å². The normalized spacial score (nSPS) is 21.7. The molecule has 0 saturated carbocycles. The van der Waals surface area contributed by atoms with Gasteiger partial charge in [-0.25, -0.2) is 4.79 Å².